The molecule has 1 aliphatic carbocycles. The van der Waals surface area contributed by atoms with E-state index < -0.39 is 33.0 Å². The summed E-state index contributed by atoms with van der Waals surface area (Å²) < 4.78 is 36.4. The summed E-state index contributed by atoms with van der Waals surface area (Å²) in [5, 5.41) is 8.95. The lowest BCUT2D eigenvalue weighted by Gasteiger charge is -2.16. The Balaban J connectivity index is 1.38. The lowest BCUT2D eigenvalue weighted by atomic mass is 9.93. The minimum Gasteiger partial charge on any atom is -0.489 e. The summed E-state index contributed by atoms with van der Waals surface area (Å²) in [4.78, 5) is 24.9. The van der Waals surface area contributed by atoms with Crippen molar-refractivity contribution in [1.29, 1.82) is 0 Å². The Bertz CT molecular complexity index is 1320. The molecule has 0 spiro atoms. The van der Waals surface area contributed by atoms with Crippen LogP contribution in [0.15, 0.2) is 88.7 Å². The molecule has 1 saturated carbocycles. The van der Waals surface area contributed by atoms with Gasteiger partial charge in [-0.3, -0.25) is 14.8 Å². The average Bonchev–Trinajstić information content (AvgIpc) is 3.64. The van der Waals surface area contributed by atoms with Crippen LogP contribution in [-0.4, -0.2) is 32.1 Å². The molecule has 1 aliphatic rings. The zero-order valence-corrected chi connectivity index (χ0v) is 20.5. The number of amides is 1. The second-order valence-electron chi connectivity index (χ2n) is 8.68. The van der Waals surface area contributed by atoms with E-state index in [1.165, 1.54) is 0 Å². The van der Waals surface area contributed by atoms with Crippen LogP contribution in [0.3, 0.4) is 0 Å². The normalized spacial score (nSPS) is 18.8. The molecule has 2 atom stereocenters. The second-order valence-corrected chi connectivity index (χ2v) is 10.6. The number of benzene rings is 3. The zero-order chi connectivity index (χ0) is 25.8. The van der Waals surface area contributed by atoms with Crippen LogP contribution in [0.25, 0.3) is 0 Å². The van der Waals surface area contributed by atoms with E-state index in [4.69, 9.17) is 14.7 Å². The number of rotatable bonds is 10. The Labute approximate surface area is 209 Å². The standard InChI is InChI=1S/C27H27NO7S/c1-2-34-26(30)27(17-24(27)25(29)28-31)16-19-8-12-21(13-9-19)35-18-20-10-14-23(15-11-20)36(32,33)22-6-4-3-5-7-22/h3-15,24,31H,2,16-18H2,1H3,(H,28,29)/t24-,27+/m1/s1. The highest BCUT2D eigenvalue weighted by atomic mass is 32.2. The molecule has 0 radical (unpaired) electrons. The number of hydrogen-bond donors (Lipinski definition) is 2. The fourth-order valence-electron chi connectivity index (χ4n) is 4.23. The number of sulfone groups is 1. The summed E-state index contributed by atoms with van der Waals surface area (Å²) in [5.74, 6) is -1.07. The minimum atomic E-state index is -3.57. The van der Waals surface area contributed by atoms with Gasteiger partial charge in [0.15, 0.2) is 0 Å². The first kappa shape index (κ1) is 25.4. The van der Waals surface area contributed by atoms with Gasteiger partial charge in [0.25, 0.3) is 0 Å². The van der Waals surface area contributed by atoms with Crippen molar-refractivity contribution in [2.24, 2.45) is 11.3 Å². The van der Waals surface area contributed by atoms with Crippen molar-refractivity contribution >= 4 is 21.7 Å². The molecule has 4 rings (SSSR count). The molecule has 0 aromatic heterocycles. The summed E-state index contributed by atoms with van der Waals surface area (Å²) in [5.41, 5.74) is 2.29. The highest BCUT2D eigenvalue weighted by Crippen LogP contribution is 2.56. The Morgan fingerprint density at radius 3 is 2.17 bits per heavy atom. The van der Waals surface area contributed by atoms with Gasteiger partial charge < -0.3 is 9.47 Å². The summed E-state index contributed by atoms with van der Waals surface area (Å²) in [6.07, 6.45) is 0.619. The van der Waals surface area contributed by atoms with Gasteiger partial charge in [-0.05, 0) is 67.3 Å². The number of hydrogen-bond acceptors (Lipinski definition) is 7. The summed E-state index contributed by atoms with van der Waals surface area (Å²) in [6, 6.07) is 22.0. The van der Waals surface area contributed by atoms with E-state index in [0.717, 1.165) is 11.1 Å². The first-order valence-corrected chi connectivity index (χ1v) is 13.0. The molecule has 0 bridgehead atoms. The van der Waals surface area contributed by atoms with Crippen molar-refractivity contribution in [2.75, 3.05) is 6.61 Å². The quantitative estimate of drug-likeness (QED) is 0.243. The third kappa shape index (κ3) is 5.27. The molecule has 0 aliphatic heterocycles. The second kappa shape index (κ2) is 10.5. The highest BCUT2D eigenvalue weighted by Gasteiger charge is 2.64. The van der Waals surface area contributed by atoms with Crippen molar-refractivity contribution in [3.05, 3.63) is 90.0 Å². The number of carbonyl (C=O) groups is 2. The van der Waals surface area contributed by atoms with Crippen LogP contribution in [0, 0.1) is 11.3 Å². The van der Waals surface area contributed by atoms with Gasteiger partial charge in [0.1, 0.15) is 12.4 Å². The molecule has 3 aromatic rings. The van der Waals surface area contributed by atoms with Gasteiger partial charge in [0.2, 0.25) is 15.7 Å². The van der Waals surface area contributed by atoms with Gasteiger partial charge in [-0.15, -0.1) is 0 Å². The molecular formula is C27H27NO7S. The predicted octanol–water partition coefficient (Wildman–Crippen LogP) is 3.72. The van der Waals surface area contributed by atoms with Crippen molar-refractivity contribution in [2.45, 2.75) is 36.2 Å². The van der Waals surface area contributed by atoms with Crippen LogP contribution >= 0.6 is 0 Å². The van der Waals surface area contributed by atoms with Crippen LogP contribution in [0.4, 0.5) is 0 Å². The molecule has 0 heterocycles. The first-order valence-electron chi connectivity index (χ1n) is 11.5. The van der Waals surface area contributed by atoms with E-state index in [1.54, 1.807) is 79.1 Å². The van der Waals surface area contributed by atoms with E-state index in [2.05, 4.69) is 0 Å². The van der Waals surface area contributed by atoms with E-state index in [1.807, 2.05) is 12.1 Å². The number of nitrogens with one attached hydrogen (secondary N) is 1. The molecule has 9 heteroatoms. The Kier molecular flexibility index (Phi) is 7.42. The van der Waals surface area contributed by atoms with Gasteiger partial charge in [-0.25, -0.2) is 13.9 Å². The third-order valence-electron chi connectivity index (χ3n) is 6.32. The topological polar surface area (TPSA) is 119 Å². The molecule has 1 amide bonds. The Morgan fingerprint density at radius 2 is 1.56 bits per heavy atom. The number of ether oxygens (including phenoxy) is 2. The Morgan fingerprint density at radius 1 is 0.944 bits per heavy atom. The van der Waals surface area contributed by atoms with Crippen LogP contribution in [-0.2, 0) is 37.2 Å². The molecule has 36 heavy (non-hydrogen) atoms. The van der Waals surface area contributed by atoms with Crippen molar-refractivity contribution in [1.82, 2.24) is 5.48 Å². The van der Waals surface area contributed by atoms with Gasteiger partial charge in [0, 0.05) is 0 Å². The SMILES string of the molecule is CCOC(=O)[C@@]1(Cc2ccc(OCc3ccc(S(=O)(=O)c4ccccc4)cc3)cc2)C[C@@H]1C(=O)NO. The highest BCUT2D eigenvalue weighted by molar-refractivity contribution is 7.91. The Hall–Kier alpha value is -3.69. The minimum absolute atomic E-state index is 0.208. The first-order chi connectivity index (χ1) is 17.3. The molecule has 0 unspecified atom stereocenters. The van der Waals surface area contributed by atoms with Gasteiger partial charge in [-0.2, -0.15) is 0 Å². The van der Waals surface area contributed by atoms with Crippen LogP contribution < -0.4 is 10.2 Å². The van der Waals surface area contributed by atoms with Gasteiger partial charge >= 0.3 is 5.97 Å². The van der Waals surface area contributed by atoms with Crippen LogP contribution in [0.5, 0.6) is 5.75 Å². The summed E-state index contributed by atoms with van der Waals surface area (Å²) in [6.45, 7) is 2.16. The molecule has 188 valence electrons. The van der Waals surface area contributed by atoms with E-state index in [-0.39, 0.29) is 23.0 Å². The molecule has 8 nitrogen and oxygen atoms in total. The van der Waals surface area contributed by atoms with Crippen LogP contribution in [0.1, 0.15) is 24.5 Å². The molecule has 3 aromatic carbocycles. The summed E-state index contributed by atoms with van der Waals surface area (Å²) in [7, 11) is -3.57. The van der Waals surface area contributed by atoms with Crippen molar-refractivity contribution in [3.8, 4) is 5.75 Å². The van der Waals surface area contributed by atoms with E-state index in [0.29, 0.717) is 18.6 Å². The largest absolute Gasteiger partial charge is 0.489 e. The predicted molar refractivity (Wildman–Crippen MR) is 130 cm³/mol. The van der Waals surface area contributed by atoms with Crippen molar-refractivity contribution in [3.63, 3.8) is 0 Å². The van der Waals surface area contributed by atoms with Gasteiger partial charge in [0.05, 0.1) is 27.7 Å². The van der Waals surface area contributed by atoms with E-state index in [9.17, 15) is 18.0 Å². The fourth-order valence-corrected chi connectivity index (χ4v) is 5.51. The molecular weight excluding hydrogens is 482 g/mol. The molecule has 2 N–H and O–H groups in total. The fraction of sp³-hybridized carbons (Fsp3) is 0.259. The number of carbonyl (C=O) groups excluding carboxylic acids is 2. The summed E-state index contributed by atoms with van der Waals surface area (Å²) >= 11 is 0. The molecule has 1 fully saturated rings. The number of esters is 1. The van der Waals surface area contributed by atoms with E-state index >= 15 is 0 Å². The smallest absolute Gasteiger partial charge is 0.313 e. The lowest BCUT2D eigenvalue weighted by molar-refractivity contribution is -0.152. The van der Waals surface area contributed by atoms with Gasteiger partial charge in [-0.1, -0.05) is 42.5 Å². The maximum atomic E-state index is 12.7. The van der Waals surface area contributed by atoms with Crippen molar-refractivity contribution < 1.29 is 32.7 Å². The average molecular weight is 510 g/mol. The molecule has 0 saturated heterocycles. The zero-order valence-electron chi connectivity index (χ0n) is 19.7. The number of hydroxylamine groups is 1. The monoisotopic (exact) mass is 509 g/mol. The van der Waals surface area contributed by atoms with Crippen LogP contribution in [0.2, 0.25) is 0 Å². The maximum Gasteiger partial charge on any atom is 0.313 e. The maximum absolute atomic E-state index is 12.7. The lowest BCUT2D eigenvalue weighted by Crippen LogP contribution is -2.30. The third-order valence-corrected chi connectivity index (χ3v) is 8.11.